The average molecular weight is 356 g/mol. The zero-order chi connectivity index (χ0) is 11.8. The van der Waals surface area contributed by atoms with Crippen LogP contribution in [0.25, 0.3) is 0 Å². The molecule has 1 saturated carbocycles. The molecule has 0 bridgehead atoms. The first-order valence-electron chi connectivity index (χ1n) is 6.14. The Labute approximate surface area is 112 Å². The Morgan fingerprint density at radius 3 is 2.25 bits per heavy atom. The average Bonchev–Trinajstić information content (AvgIpc) is 2.30. The van der Waals surface area contributed by atoms with E-state index in [2.05, 4.69) is 22.1 Å². The van der Waals surface area contributed by atoms with Gasteiger partial charge in [0.05, 0.1) is 0 Å². The number of nitrogens with zero attached hydrogens (tertiary/aromatic N) is 1. The number of nitrogens with one attached hydrogen (secondary N) is 1. The number of hydrogen-bond donors (Lipinski definition) is 1. The zero-order valence-corrected chi connectivity index (χ0v) is 13.6. The standard InChI is InChI=1S/C11H22N2OSe2/c1-3-15-13(16-4-2)11(14)12-10-8-6-5-7-9-10/h10H,3-9H2,1-2H3,(H,12,14). The summed E-state index contributed by atoms with van der Waals surface area (Å²) in [4.78, 5) is 12.0. The Hall–Kier alpha value is 0.309. The summed E-state index contributed by atoms with van der Waals surface area (Å²) in [7, 11) is 0. The minimum absolute atomic E-state index is 0.204. The van der Waals surface area contributed by atoms with E-state index < -0.39 is 0 Å². The molecular weight excluding hydrogens is 334 g/mol. The Morgan fingerprint density at radius 2 is 1.75 bits per heavy atom. The number of amides is 2. The predicted molar refractivity (Wildman–Crippen MR) is 69.7 cm³/mol. The Bertz CT molecular complexity index is 202. The van der Waals surface area contributed by atoms with Crippen molar-refractivity contribution >= 4 is 36.4 Å². The molecule has 2 amide bonds. The summed E-state index contributed by atoms with van der Waals surface area (Å²) in [5.74, 6) is 0. The van der Waals surface area contributed by atoms with Crippen LogP contribution in [0.3, 0.4) is 0 Å². The Morgan fingerprint density at radius 1 is 1.19 bits per heavy atom. The Kier molecular flexibility index (Phi) is 7.55. The molecule has 94 valence electrons. The van der Waals surface area contributed by atoms with Gasteiger partial charge in [0.2, 0.25) is 0 Å². The van der Waals surface area contributed by atoms with Crippen LogP contribution in [0.2, 0.25) is 10.6 Å². The van der Waals surface area contributed by atoms with Gasteiger partial charge in [-0.05, 0) is 0 Å². The van der Waals surface area contributed by atoms with Crippen LogP contribution in [-0.4, -0.2) is 45.4 Å². The maximum atomic E-state index is 12.0. The van der Waals surface area contributed by atoms with E-state index in [1.807, 2.05) is 0 Å². The molecule has 0 aliphatic heterocycles. The van der Waals surface area contributed by atoms with E-state index in [4.69, 9.17) is 0 Å². The third-order valence-electron chi connectivity index (χ3n) is 2.59. The molecule has 0 aromatic rings. The maximum absolute atomic E-state index is 12.0. The van der Waals surface area contributed by atoms with Gasteiger partial charge in [-0.15, -0.1) is 0 Å². The summed E-state index contributed by atoms with van der Waals surface area (Å²) < 4.78 is 2.08. The van der Waals surface area contributed by atoms with Crippen molar-refractivity contribution in [2.24, 2.45) is 0 Å². The van der Waals surface area contributed by atoms with Gasteiger partial charge in [0.15, 0.2) is 0 Å². The van der Waals surface area contributed by atoms with E-state index in [1.54, 1.807) is 0 Å². The summed E-state index contributed by atoms with van der Waals surface area (Å²) in [5.41, 5.74) is 0. The number of hydrogen-bond acceptors (Lipinski definition) is 1. The van der Waals surface area contributed by atoms with Gasteiger partial charge in [0.25, 0.3) is 0 Å². The zero-order valence-electron chi connectivity index (χ0n) is 10.2. The summed E-state index contributed by atoms with van der Waals surface area (Å²) in [6, 6.07) is 0.652. The van der Waals surface area contributed by atoms with E-state index >= 15 is 0 Å². The first kappa shape index (κ1) is 14.4. The SMILES string of the molecule is CC[Se]N([Se]CC)C(=O)NC1CCCCC1. The molecule has 0 spiro atoms. The summed E-state index contributed by atoms with van der Waals surface area (Å²) in [5, 5.41) is 5.44. The minimum atomic E-state index is 0.204. The molecule has 0 atom stereocenters. The second-order valence-electron chi connectivity index (χ2n) is 3.88. The van der Waals surface area contributed by atoms with Gasteiger partial charge in [-0.25, -0.2) is 0 Å². The number of urea groups is 1. The first-order chi connectivity index (χ1) is 7.77. The topological polar surface area (TPSA) is 32.3 Å². The first-order valence-corrected chi connectivity index (χ1v) is 10.1. The molecule has 0 heterocycles. The molecule has 1 aliphatic carbocycles. The summed E-state index contributed by atoms with van der Waals surface area (Å²) in [6.07, 6.45) is 6.26. The van der Waals surface area contributed by atoms with Crippen molar-refractivity contribution in [3.05, 3.63) is 0 Å². The van der Waals surface area contributed by atoms with Crippen LogP contribution in [0.1, 0.15) is 46.0 Å². The molecule has 5 heteroatoms. The van der Waals surface area contributed by atoms with Gasteiger partial charge in [-0.2, -0.15) is 0 Å². The van der Waals surface area contributed by atoms with Crippen molar-refractivity contribution in [2.75, 3.05) is 0 Å². The van der Waals surface area contributed by atoms with Crippen molar-refractivity contribution in [1.82, 2.24) is 8.25 Å². The van der Waals surface area contributed by atoms with Crippen LogP contribution in [0.5, 0.6) is 0 Å². The molecule has 1 aliphatic rings. The molecule has 0 aromatic carbocycles. The molecule has 16 heavy (non-hydrogen) atoms. The van der Waals surface area contributed by atoms with E-state index in [9.17, 15) is 4.79 Å². The molecule has 0 radical (unpaired) electrons. The monoisotopic (exact) mass is 358 g/mol. The molecule has 0 aromatic heterocycles. The van der Waals surface area contributed by atoms with Crippen LogP contribution in [0.15, 0.2) is 0 Å². The van der Waals surface area contributed by atoms with Gasteiger partial charge < -0.3 is 0 Å². The van der Waals surface area contributed by atoms with Crippen LogP contribution in [0.4, 0.5) is 4.79 Å². The van der Waals surface area contributed by atoms with Crippen LogP contribution < -0.4 is 5.32 Å². The van der Waals surface area contributed by atoms with Crippen molar-refractivity contribution in [1.29, 1.82) is 0 Å². The van der Waals surface area contributed by atoms with E-state index in [0.29, 0.717) is 36.4 Å². The number of carbonyl (C=O) groups excluding carboxylic acids is 1. The van der Waals surface area contributed by atoms with Gasteiger partial charge >= 0.3 is 112 Å². The van der Waals surface area contributed by atoms with Crippen molar-refractivity contribution in [3.8, 4) is 0 Å². The van der Waals surface area contributed by atoms with Gasteiger partial charge in [0.1, 0.15) is 0 Å². The molecular formula is C11H22N2OSe2. The number of carbonyl (C=O) groups is 1. The molecule has 3 nitrogen and oxygen atoms in total. The molecule has 1 rings (SSSR count). The van der Waals surface area contributed by atoms with Crippen LogP contribution >= 0.6 is 0 Å². The second-order valence-corrected chi connectivity index (χ2v) is 10.1. The van der Waals surface area contributed by atoms with Gasteiger partial charge in [0, 0.05) is 0 Å². The summed E-state index contributed by atoms with van der Waals surface area (Å²) >= 11 is 0.712. The number of rotatable bonds is 5. The fourth-order valence-corrected chi connectivity index (χ4v) is 6.83. The van der Waals surface area contributed by atoms with Crippen molar-refractivity contribution in [3.63, 3.8) is 0 Å². The summed E-state index contributed by atoms with van der Waals surface area (Å²) in [6.45, 7) is 4.32. The van der Waals surface area contributed by atoms with Crippen LogP contribution in [-0.2, 0) is 0 Å². The third kappa shape index (κ3) is 5.09. The third-order valence-corrected chi connectivity index (χ3v) is 7.65. The molecule has 0 saturated heterocycles. The normalized spacial score (nSPS) is 17.1. The predicted octanol–water partition coefficient (Wildman–Crippen LogP) is 2.45. The van der Waals surface area contributed by atoms with E-state index in [1.165, 1.54) is 32.1 Å². The van der Waals surface area contributed by atoms with Crippen molar-refractivity contribution in [2.45, 2.75) is 62.6 Å². The van der Waals surface area contributed by atoms with E-state index in [0.717, 1.165) is 10.6 Å². The van der Waals surface area contributed by atoms with Crippen molar-refractivity contribution < 1.29 is 4.79 Å². The second kappa shape index (κ2) is 8.41. The fraction of sp³-hybridized carbons (Fsp3) is 0.909. The quantitative estimate of drug-likeness (QED) is 0.754. The van der Waals surface area contributed by atoms with Gasteiger partial charge in [-0.3, -0.25) is 0 Å². The van der Waals surface area contributed by atoms with E-state index in [-0.39, 0.29) is 6.03 Å². The molecule has 1 N–H and O–H groups in total. The Balaban J connectivity index is 2.34. The fourth-order valence-electron chi connectivity index (χ4n) is 1.86. The van der Waals surface area contributed by atoms with Gasteiger partial charge in [-0.1, -0.05) is 0 Å². The molecule has 1 fully saturated rings. The molecule has 0 unspecified atom stereocenters. The van der Waals surface area contributed by atoms with Crippen LogP contribution in [0, 0.1) is 0 Å².